The van der Waals surface area contributed by atoms with Gasteiger partial charge in [-0.1, -0.05) is 51.1 Å². The fourth-order valence-electron chi connectivity index (χ4n) is 3.00. The predicted molar refractivity (Wildman–Crippen MR) is 125 cm³/mol. The van der Waals surface area contributed by atoms with Gasteiger partial charge in [0.2, 0.25) is 0 Å². The maximum Gasteiger partial charge on any atom is 0.278 e. The lowest BCUT2D eigenvalue weighted by Gasteiger charge is -2.09. The molecule has 0 unspecified atom stereocenters. The van der Waals surface area contributed by atoms with Gasteiger partial charge >= 0.3 is 0 Å². The van der Waals surface area contributed by atoms with E-state index < -0.39 is 0 Å². The zero-order valence-corrected chi connectivity index (χ0v) is 19.3. The van der Waals surface area contributed by atoms with Crippen LogP contribution in [-0.4, -0.2) is 30.9 Å². The van der Waals surface area contributed by atoms with Gasteiger partial charge in [0.05, 0.1) is 11.4 Å². The van der Waals surface area contributed by atoms with Gasteiger partial charge in [-0.05, 0) is 56.3 Å². The lowest BCUT2D eigenvalue weighted by atomic mass is 10.2. The van der Waals surface area contributed by atoms with Crippen molar-refractivity contribution in [3.05, 3.63) is 87.9 Å². The number of para-hydroxylation sites is 1. The van der Waals surface area contributed by atoms with Gasteiger partial charge in [0.25, 0.3) is 5.91 Å². The molecule has 4 aromatic rings. The first kappa shape index (κ1) is 21.2. The minimum Gasteiger partial charge on any atom is -0.321 e. The first-order chi connectivity index (χ1) is 15.0. The van der Waals surface area contributed by atoms with Crippen molar-refractivity contribution in [3.8, 4) is 5.69 Å². The largest absolute Gasteiger partial charge is 0.321 e. The van der Waals surface area contributed by atoms with E-state index in [1.807, 2.05) is 74.5 Å². The second kappa shape index (κ2) is 9.40. The molecule has 0 atom stereocenters. The van der Waals surface area contributed by atoms with Gasteiger partial charge in [-0.25, -0.2) is 14.6 Å². The number of carbonyl (C=O) groups is 1. The smallest absolute Gasteiger partial charge is 0.278 e. The molecule has 2 aromatic carbocycles. The van der Waals surface area contributed by atoms with Crippen LogP contribution in [0, 0.1) is 13.8 Å². The maximum absolute atomic E-state index is 13.0. The number of rotatable bonds is 6. The van der Waals surface area contributed by atoms with E-state index in [2.05, 4.69) is 41.5 Å². The van der Waals surface area contributed by atoms with Crippen LogP contribution in [-0.2, 0) is 5.75 Å². The number of carbonyl (C=O) groups excluding carboxylic acids is 1. The molecule has 7 nitrogen and oxygen atoms in total. The van der Waals surface area contributed by atoms with Crippen molar-refractivity contribution in [3.63, 3.8) is 0 Å². The van der Waals surface area contributed by atoms with Crippen LogP contribution in [0.5, 0.6) is 0 Å². The molecule has 0 saturated carbocycles. The molecule has 0 radical (unpaired) electrons. The summed E-state index contributed by atoms with van der Waals surface area (Å²) in [6, 6.07) is 18.9. The van der Waals surface area contributed by atoms with Crippen LogP contribution in [0.25, 0.3) is 5.69 Å². The first-order valence-electron chi connectivity index (χ1n) is 9.51. The standard InChI is InChI=1S/C22H19BrN6OS/c1-14-12-15(2)25-22(24-14)31-13-19-20(21(30)26-17-6-4-3-5-7-17)27-28-29(19)18-10-8-16(23)9-11-18/h3-12H,13H2,1-2H3,(H,26,30). The Morgan fingerprint density at radius 1 is 1.03 bits per heavy atom. The summed E-state index contributed by atoms with van der Waals surface area (Å²) in [5.41, 5.74) is 4.24. The van der Waals surface area contributed by atoms with Crippen molar-refractivity contribution in [2.45, 2.75) is 24.8 Å². The van der Waals surface area contributed by atoms with E-state index >= 15 is 0 Å². The summed E-state index contributed by atoms with van der Waals surface area (Å²) in [5, 5.41) is 12.0. The molecule has 2 aromatic heterocycles. The summed E-state index contributed by atoms with van der Waals surface area (Å²) in [4.78, 5) is 21.9. The highest BCUT2D eigenvalue weighted by molar-refractivity contribution is 9.10. The highest BCUT2D eigenvalue weighted by atomic mass is 79.9. The zero-order chi connectivity index (χ0) is 21.8. The van der Waals surface area contributed by atoms with Crippen molar-refractivity contribution in [1.82, 2.24) is 25.0 Å². The van der Waals surface area contributed by atoms with Crippen LogP contribution in [0.4, 0.5) is 5.69 Å². The number of benzene rings is 2. The Kier molecular flexibility index (Phi) is 6.43. The molecule has 1 amide bonds. The molecule has 0 spiro atoms. The lowest BCUT2D eigenvalue weighted by Crippen LogP contribution is -2.15. The van der Waals surface area contributed by atoms with Gasteiger partial charge in [-0.3, -0.25) is 4.79 Å². The number of nitrogens with one attached hydrogen (secondary N) is 1. The molecular weight excluding hydrogens is 476 g/mol. The van der Waals surface area contributed by atoms with E-state index in [-0.39, 0.29) is 11.6 Å². The third kappa shape index (κ3) is 5.18. The number of nitrogens with zero attached hydrogens (tertiary/aromatic N) is 5. The van der Waals surface area contributed by atoms with Crippen molar-refractivity contribution >= 4 is 39.3 Å². The number of anilines is 1. The van der Waals surface area contributed by atoms with Crippen LogP contribution in [0.15, 0.2) is 70.3 Å². The Balaban J connectivity index is 1.67. The van der Waals surface area contributed by atoms with Gasteiger partial charge in [0.15, 0.2) is 10.9 Å². The molecule has 1 N–H and O–H groups in total. The van der Waals surface area contributed by atoms with E-state index in [0.717, 1.165) is 21.5 Å². The fourth-order valence-corrected chi connectivity index (χ4v) is 4.21. The third-order valence-corrected chi connectivity index (χ3v) is 5.77. The van der Waals surface area contributed by atoms with Gasteiger partial charge in [-0.2, -0.15) is 0 Å². The molecule has 0 saturated heterocycles. The average Bonchev–Trinajstić information content (AvgIpc) is 3.17. The minimum atomic E-state index is -0.313. The molecule has 0 aliphatic rings. The molecule has 9 heteroatoms. The number of thioether (sulfide) groups is 1. The van der Waals surface area contributed by atoms with E-state index in [4.69, 9.17) is 0 Å². The molecule has 31 heavy (non-hydrogen) atoms. The summed E-state index contributed by atoms with van der Waals surface area (Å²) in [6.07, 6.45) is 0. The summed E-state index contributed by atoms with van der Waals surface area (Å²) in [5.74, 6) is 0.121. The predicted octanol–water partition coefficient (Wildman–Crippen LogP) is 4.98. The van der Waals surface area contributed by atoms with Crippen molar-refractivity contribution < 1.29 is 4.79 Å². The maximum atomic E-state index is 13.0. The second-order valence-corrected chi connectivity index (χ2v) is 8.67. The van der Waals surface area contributed by atoms with Gasteiger partial charge in [0, 0.05) is 27.3 Å². The van der Waals surface area contributed by atoms with E-state index in [0.29, 0.717) is 22.3 Å². The van der Waals surface area contributed by atoms with Crippen LogP contribution in [0.2, 0.25) is 0 Å². The molecule has 0 bridgehead atoms. The first-order valence-corrected chi connectivity index (χ1v) is 11.3. The molecule has 156 valence electrons. The highest BCUT2D eigenvalue weighted by Crippen LogP contribution is 2.25. The normalized spacial score (nSPS) is 10.8. The minimum absolute atomic E-state index is 0.267. The van der Waals surface area contributed by atoms with Crippen LogP contribution in [0.3, 0.4) is 0 Å². The topological polar surface area (TPSA) is 85.6 Å². The Morgan fingerprint density at radius 3 is 2.39 bits per heavy atom. The molecule has 2 heterocycles. The molecule has 0 aliphatic heterocycles. The summed E-state index contributed by atoms with van der Waals surface area (Å²) in [6.45, 7) is 3.87. The van der Waals surface area contributed by atoms with Gasteiger partial charge < -0.3 is 5.32 Å². The number of hydrogen-bond donors (Lipinski definition) is 1. The molecular formula is C22H19BrN6OS. The molecule has 4 rings (SSSR count). The number of hydrogen-bond acceptors (Lipinski definition) is 6. The Hall–Kier alpha value is -3.04. The average molecular weight is 495 g/mol. The molecule has 0 aliphatic carbocycles. The second-order valence-electron chi connectivity index (χ2n) is 6.82. The lowest BCUT2D eigenvalue weighted by molar-refractivity contribution is 0.102. The fraction of sp³-hybridized carbons (Fsp3) is 0.136. The number of aryl methyl sites for hydroxylation is 2. The van der Waals surface area contributed by atoms with Crippen LogP contribution < -0.4 is 5.32 Å². The van der Waals surface area contributed by atoms with Crippen LogP contribution >= 0.6 is 27.7 Å². The van der Waals surface area contributed by atoms with Crippen LogP contribution in [0.1, 0.15) is 27.6 Å². The van der Waals surface area contributed by atoms with Gasteiger partial charge in [-0.15, -0.1) is 5.10 Å². The zero-order valence-electron chi connectivity index (χ0n) is 16.9. The number of amides is 1. The Labute approximate surface area is 192 Å². The number of aromatic nitrogens is 5. The number of halogens is 1. The summed E-state index contributed by atoms with van der Waals surface area (Å²) >= 11 is 4.89. The Bertz CT molecular complexity index is 1190. The summed E-state index contributed by atoms with van der Waals surface area (Å²) < 4.78 is 2.64. The van der Waals surface area contributed by atoms with Crippen molar-refractivity contribution in [1.29, 1.82) is 0 Å². The van der Waals surface area contributed by atoms with E-state index in [1.54, 1.807) is 4.68 Å². The van der Waals surface area contributed by atoms with Crippen molar-refractivity contribution in [2.75, 3.05) is 5.32 Å². The Morgan fingerprint density at radius 2 is 1.71 bits per heavy atom. The SMILES string of the molecule is Cc1cc(C)nc(SCc2c(C(=O)Nc3ccccc3)nnn2-c2ccc(Br)cc2)n1. The quantitative estimate of drug-likeness (QED) is 0.300. The van der Waals surface area contributed by atoms with E-state index in [1.165, 1.54) is 11.8 Å². The van der Waals surface area contributed by atoms with E-state index in [9.17, 15) is 4.79 Å². The highest BCUT2D eigenvalue weighted by Gasteiger charge is 2.21. The molecule has 0 fully saturated rings. The van der Waals surface area contributed by atoms with Gasteiger partial charge in [0.1, 0.15) is 0 Å². The third-order valence-electron chi connectivity index (χ3n) is 4.38. The van der Waals surface area contributed by atoms with Crippen molar-refractivity contribution in [2.24, 2.45) is 0 Å². The monoisotopic (exact) mass is 494 g/mol. The summed E-state index contributed by atoms with van der Waals surface area (Å²) in [7, 11) is 0.